The van der Waals surface area contributed by atoms with Gasteiger partial charge in [-0.05, 0) is 23.3 Å². The maximum atomic E-state index is 12.3. The van der Waals surface area contributed by atoms with E-state index >= 15 is 0 Å². The lowest BCUT2D eigenvalue weighted by Gasteiger charge is -2.34. The molecule has 3 rings (SSSR count). The molecule has 0 radical (unpaired) electrons. The number of carbonyl (C=O) groups is 1. The van der Waals surface area contributed by atoms with Crippen LogP contribution in [0, 0.1) is 11.3 Å². The van der Waals surface area contributed by atoms with Crippen molar-refractivity contribution in [2.45, 2.75) is 13.0 Å². The Morgan fingerprint density at radius 3 is 2.32 bits per heavy atom. The predicted octanol–water partition coefficient (Wildman–Crippen LogP) is 2.49. The fraction of sp³-hybridized carbons (Fsp3) is 0.333. The summed E-state index contributed by atoms with van der Waals surface area (Å²) in [4.78, 5) is 17.0. The van der Waals surface area contributed by atoms with Crippen LogP contribution in [0.3, 0.4) is 0 Å². The van der Waals surface area contributed by atoms with Crippen LogP contribution in [0.1, 0.15) is 16.7 Å². The zero-order valence-electron chi connectivity index (χ0n) is 14.4. The molecule has 1 aliphatic heterocycles. The molecule has 1 saturated heterocycles. The van der Waals surface area contributed by atoms with Gasteiger partial charge < -0.3 is 0 Å². The van der Waals surface area contributed by atoms with Gasteiger partial charge in [0.25, 0.3) is 0 Å². The van der Waals surface area contributed by atoms with E-state index in [0.717, 1.165) is 38.3 Å². The van der Waals surface area contributed by atoms with E-state index in [9.17, 15) is 4.79 Å². The minimum absolute atomic E-state index is 0.214. The summed E-state index contributed by atoms with van der Waals surface area (Å²) >= 11 is 0. The third-order valence-electron chi connectivity index (χ3n) is 4.57. The molecule has 1 heterocycles. The van der Waals surface area contributed by atoms with Crippen molar-refractivity contribution < 1.29 is 4.79 Å². The first-order chi connectivity index (χ1) is 12.2. The Bertz CT molecular complexity index is 743. The molecule has 0 saturated carbocycles. The minimum Gasteiger partial charge on any atom is -0.298 e. The van der Waals surface area contributed by atoms with Gasteiger partial charge in [0.05, 0.1) is 18.2 Å². The van der Waals surface area contributed by atoms with Crippen LogP contribution in [-0.2, 0) is 17.8 Å². The Morgan fingerprint density at radius 2 is 1.60 bits per heavy atom. The van der Waals surface area contributed by atoms with Crippen molar-refractivity contribution in [3.05, 3.63) is 71.3 Å². The Balaban J connectivity index is 1.44. The number of hydrogen-bond donors (Lipinski definition) is 0. The number of piperazine rings is 1. The monoisotopic (exact) mass is 333 g/mol. The molecule has 0 unspecified atom stereocenters. The first kappa shape index (κ1) is 17.3. The number of nitriles is 1. The van der Waals surface area contributed by atoms with Gasteiger partial charge in [0.15, 0.2) is 5.78 Å². The average molecular weight is 333 g/mol. The summed E-state index contributed by atoms with van der Waals surface area (Å²) in [7, 11) is 0. The molecule has 0 spiro atoms. The van der Waals surface area contributed by atoms with Gasteiger partial charge in [-0.3, -0.25) is 14.6 Å². The van der Waals surface area contributed by atoms with E-state index in [2.05, 4.69) is 40.1 Å². The van der Waals surface area contributed by atoms with Crippen LogP contribution in [0.25, 0.3) is 0 Å². The summed E-state index contributed by atoms with van der Waals surface area (Å²) < 4.78 is 0. The quantitative estimate of drug-likeness (QED) is 0.815. The fourth-order valence-electron chi connectivity index (χ4n) is 3.23. The van der Waals surface area contributed by atoms with Crippen molar-refractivity contribution in [1.29, 1.82) is 5.26 Å². The molecule has 1 aliphatic rings. The first-order valence-corrected chi connectivity index (χ1v) is 8.72. The highest BCUT2D eigenvalue weighted by molar-refractivity contribution is 5.82. The molecule has 2 aromatic carbocycles. The van der Waals surface area contributed by atoms with Crippen LogP contribution >= 0.6 is 0 Å². The summed E-state index contributed by atoms with van der Waals surface area (Å²) in [6.45, 7) is 5.31. The van der Waals surface area contributed by atoms with E-state index in [1.165, 1.54) is 5.56 Å². The van der Waals surface area contributed by atoms with Crippen LogP contribution in [-0.4, -0.2) is 48.3 Å². The maximum absolute atomic E-state index is 12.3. The van der Waals surface area contributed by atoms with Gasteiger partial charge in [0, 0.05) is 39.1 Å². The Morgan fingerprint density at radius 1 is 0.920 bits per heavy atom. The summed E-state index contributed by atoms with van der Waals surface area (Å²) in [6.07, 6.45) is 0.403. The van der Waals surface area contributed by atoms with Crippen molar-refractivity contribution in [2.75, 3.05) is 32.7 Å². The van der Waals surface area contributed by atoms with Gasteiger partial charge >= 0.3 is 0 Å². The second-order valence-corrected chi connectivity index (χ2v) is 6.57. The largest absolute Gasteiger partial charge is 0.298 e. The highest BCUT2D eigenvalue weighted by atomic mass is 16.1. The van der Waals surface area contributed by atoms with Gasteiger partial charge in [-0.25, -0.2) is 0 Å². The molecule has 4 heteroatoms. The van der Waals surface area contributed by atoms with E-state index in [4.69, 9.17) is 5.26 Å². The van der Waals surface area contributed by atoms with Crippen molar-refractivity contribution >= 4 is 5.78 Å². The van der Waals surface area contributed by atoms with E-state index < -0.39 is 0 Å². The normalized spacial score (nSPS) is 15.6. The van der Waals surface area contributed by atoms with Crippen LogP contribution in [0.5, 0.6) is 0 Å². The summed E-state index contributed by atoms with van der Waals surface area (Å²) in [5, 5.41) is 8.94. The molecule has 128 valence electrons. The molecule has 1 fully saturated rings. The third kappa shape index (κ3) is 5.25. The highest BCUT2D eigenvalue weighted by Gasteiger charge is 2.19. The van der Waals surface area contributed by atoms with Crippen molar-refractivity contribution in [3.8, 4) is 6.07 Å². The number of hydrogen-bond acceptors (Lipinski definition) is 4. The molecule has 25 heavy (non-hydrogen) atoms. The van der Waals surface area contributed by atoms with Gasteiger partial charge in [0.1, 0.15) is 0 Å². The van der Waals surface area contributed by atoms with Crippen molar-refractivity contribution in [2.24, 2.45) is 0 Å². The molecular weight excluding hydrogens is 310 g/mol. The van der Waals surface area contributed by atoms with E-state index in [-0.39, 0.29) is 5.78 Å². The summed E-state index contributed by atoms with van der Waals surface area (Å²) in [5.74, 6) is 0.214. The van der Waals surface area contributed by atoms with Crippen LogP contribution in [0.4, 0.5) is 0 Å². The second-order valence-electron chi connectivity index (χ2n) is 6.57. The zero-order valence-corrected chi connectivity index (χ0v) is 14.4. The van der Waals surface area contributed by atoms with Gasteiger partial charge in [-0.1, -0.05) is 42.5 Å². The topological polar surface area (TPSA) is 47.3 Å². The molecule has 0 aliphatic carbocycles. The lowest BCUT2D eigenvalue weighted by atomic mass is 10.1. The average Bonchev–Trinajstić information content (AvgIpc) is 2.64. The molecule has 0 bridgehead atoms. The van der Waals surface area contributed by atoms with Crippen LogP contribution in [0.15, 0.2) is 54.6 Å². The predicted molar refractivity (Wildman–Crippen MR) is 98.0 cm³/mol. The van der Waals surface area contributed by atoms with Crippen LogP contribution < -0.4 is 0 Å². The molecule has 2 aromatic rings. The maximum Gasteiger partial charge on any atom is 0.151 e. The molecular formula is C21H23N3O. The van der Waals surface area contributed by atoms with E-state index in [1.54, 1.807) is 12.1 Å². The number of rotatable bonds is 6. The third-order valence-corrected chi connectivity index (χ3v) is 4.57. The smallest absolute Gasteiger partial charge is 0.151 e. The molecule has 0 amide bonds. The number of ketones is 1. The minimum atomic E-state index is 0.214. The Kier molecular flexibility index (Phi) is 5.95. The lowest BCUT2D eigenvalue weighted by Crippen LogP contribution is -2.47. The highest BCUT2D eigenvalue weighted by Crippen LogP contribution is 2.10. The summed E-state index contributed by atoms with van der Waals surface area (Å²) in [5.41, 5.74) is 2.87. The van der Waals surface area contributed by atoms with Crippen molar-refractivity contribution in [3.63, 3.8) is 0 Å². The first-order valence-electron chi connectivity index (χ1n) is 8.72. The Labute approximate surface area is 149 Å². The van der Waals surface area contributed by atoms with Crippen molar-refractivity contribution in [1.82, 2.24) is 9.80 Å². The van der Waals surface area contributed by atoms with Gasteiger partial charge in [-0.15, -0.1) is 0 Å². The number of Topliss-reactive ketones (excluding diaryl/α,β-unsaturated/α-hetero) is 1. The Hall–Kier alpha value is -2.48. The van der Waals surface area contributed by atoms with Gasteiger partial charge in [-0.2, -0.15) is 5.26 Å². The molecule has 4 nitrogen and oxygen atoms in total. The fourth-order valence-corrected chi connectivity index (χ4v) is 3.23. The van der Waals surface area contributed by atoms with E-state index in [0.29, 0.717) is 18.5 Å². The molecule has 0 N–H and O–H groups in total. The van der Waals surface area contributed by atoms with Crippen LogP contribution in [0.2, 0.25) is 0 Å². The number of nitrogens with zero attached hydrogens (tertiary/aromatic N) is 3. The zero-order chi connectivity index (χ0) is 17.5. The standard InChI is InChI=1S/C21H23N3O/c22-15-20-8-4-7-19(13-20)14-21(25)17-24-11-9-23(10-12-24)16-18-5-2-1-3-6-18/h1-8,13H,9-12,14,16-17H2. The van der Waals surface area contributed by atoms with E-state index in [1.807, 2.05) is 18.2 Å². The molecule has 0 atom stereocenters. The second kappa shape index (κ2) is 8.57. The number of benzene rings is 2. The lowest BCUT2D eigenvalue weighted by molar-refractivity contribution is -0.120. The summed E-state index contributed by atoms with van der Waals surface area (Å²) in [6, 6.07) is 19.9. The SMILES string of the molecule is N#Cc1cccc(CC(=O)CN2CCN(Cc3ccccc3)CC2)c1. The number of carbonyl (C=O) groups excluding carboxylic acids is 1. The van der Waals surface area contributed by atoms with Gasteiger partial charge in [0.2, 0.25) is 0 Å². The molecule has 0 aromatic heterocycles.